The monoisotopic (exact) mass is 262 g/mol. The van der Waals surface area contributed by atoms with Crippen molar-refractivity contribution < 1.29 is 4.74 Å². The van der Waals surface area contributed by atoms with E-state index in [9.17, 15) is 0 Å². The van der Waals surface area contributed by atoms with Crippen molar-refractivity contribution in [1.29, 1.82) is 0 Å². The van der Waals surface area contributed by atoms with E-state index in [-0.39, 0.29) is 6.04 Å². The number of halogens is 1. The molecule has 0 fully saturated rings. The topological polar surface area (TPSA) is 47.3 Å². The fraction of sp³-hybridized carbons (Fsp3) is 0.143. The third-order valence-corrected chi connectivity index (χ3v) is 3.07. The summed E-state index contributed by atoms with van der Waals surface area (Å²) in [4.78, 5) is 0. The predicted octanol–water partition coefficient (Wildman–Crippen LogP) is 2.90. The molecule has 0 aliphatic carbocycles. The summed E-state index contributed by atoms with van der Waals surface area (Å²) in [6, 6.07) is 15.3. The van der Waals surface area contributed by atoms with Crippen LogP contribution in [0.5, 0.6) is 5.75 Å². The molecule has 0 unspecified atom stereocenters. The Bertz CT molecular complexity index is 496. The summed E-state index contributed by atoms with van der Waals surface area (Å²) in [6.45, 7) is 0. The summed E-state index contributed by atoms with van der Waals surface area (Å²) < 4.78 is 5.13. The molecule has 2 aromatic rings. The Morgan fingerprint density at radius 1 is 1.00 bits per heavy atom. The van der Waals surface area contributed by atoms with E-state index in [4.69, 9.17) is 22.2 Å². The van der Waals surface area contributed by atoms with Gasteiger partial charge in [0.25, 0.3) is 0 Å². The van der Waals surface area contributed by atoms with Gasteiger partial charge in [-0.25, -0.2) is 5.43 Å². The molecule has 1 atom stereocenters. The first-order valence-electron chi connectivity index (χ1n) is 5.60. The van der Waals surface area contributed by atoms with Crippen LogP contribution in [-0.2, 0) is 0 Å². The van der Waals surface area contributed by atoms with E-state index < -0.39 is 0 Å². The van der Waals surface area contributed by atoms with Gasteiger partial charge in [-0.3, -0.25) is 5.84 Å². The maximum Gasteiger partial charge on any atom is 0.118 e. The van der Waals surface area contributed by atoms with Crippen LogP contribution < -0.4 is 16.0 Å². The van der Waals surface area contributed by atoms with Crippen molar-refractivity contribution in [2.75, 3.05) is 7.11 Å². The highest BCUT2D eigenvalue weighted by molar-refractivity contribution is 6.30. The molecule has 0 saturated heterocycles. The van der Waals surface area contributed by atoms with Gasteiger partial charge < -0.3 is 4.74 Å². The standard InChI is InChI=1S/C14H15ClN2O/c1-18-13-8-4-11(5-9-13)14(17-16)10-2-6-12(15)7-3-10/h2-9,14,17H,16H2,1H3/t14-/m0/s1. The molecule has 2 aromatic carbocycles. The minimum absolute atomic E-state index is 0.0619. The molecule has 18 heavy (non-hydrogen) atoms. The van der Waals surface area contributed by atoms with Gasteiger partial charge in [0.1, 0.15) is 5.75 Å². The Hall–Kier alpha value is -1.55. The Morgan fingerprint density at radius 2 is 1.50 bits per heavy atom. The number of nitrogens with two attached hydrogens (primary N) is 1. The molecule has 0 radical (unpaired) electrons. The molecule has 3 N–H and O–H groups in total. The maximum atomic E-state index is 5.88. The molecule has 0 amide bonds. The molecular weight excluding hydrogens is 248 g/mol. The van der Waals surface area contributed by atoms with Gasteiger partial charge in [-0.05, 0) is 35.4 Å². The van der Waals surface area contributed by atoms with E-state index in [1.54, 1.807) is 7.11 Å². The summed E-state index contributed by atoms with van der Waals surface area (Å²) >= 11 is 5.88. The van der Waals surface area contributed by atoms with Crippen LogP contribution in [0.3, 0.4) is 0 Å². The quantitative estimate of drug-likeness (QED) is 0.658. The average Bonchev–Trinajstić information content (AvgIpc) is 2.42. The van der Waals surface area contributed by atoms with Gasteiger partial charge in [0.2, 0.25) is 0 Å². The van der Waals surface area contributed by atoms with Crippen LogP contribution >= 0.6 is 11.6 Å². The lowest BCUT2D eigenvalue weighted by Crippen LogP contribution is -2.28. The molecule has 0 heterocycles. The first-order chi connectivity index (χ1) is 8.74. The van der Waals surface area contributed by atoms with E-state index in [1.165, 1.54) is 0 Å². The Balaban J connectivity index is 2.29. The fourth-order valence-electron chi connectivity index (χ4n) is 1.84. The minimum atomic E-state index is -0.0619. The van der Waals surface area contributed by atoms with E-state index in [0.29, 0.717) is 5.02 Å². The van der Waals surface area contributed by atoms with Crippen molar-refractivity contribution in [3.63, 3.8) is 0 Å². The fourth-order valence-corrected chi connectivity index (χ4v) is 1.96. The summed E-state index contributed by atoms with van der Waals surface area (Å²) in [5.74, 6) is 6.46. The first-order valence-corrected chi connectivity index (χ1v) is 5.98. The summed E-state index contributed by atoms with van der Waals surface area (Å²) in [6.07, 6.45) is 0. The molecule has 0 aliphatic heterocycles. The average molecular weight is 263 g/mol. The molecule has 0 aromatic heterocycles. The molecule has 4 heteroatoms. The lowest BCUT2D eigenvalue weighted by Gasteiger charge is -2.17. The van der Waals surface area contributed by atoms with E-state index in [2.05, 4.69) is 5.43 Å². The summed E-state index contributed by atoms with van der Waals surface area (Å²) in [5.41, 5.74) is 4.94. The minimum Gasteiger partial charge on any atom is -0.497 e. The third-order valence-electron chi connectivity index (χ3n) is 2.82. The number of hydrogen-bond donors (Lipinski definition) is 2. The molecular formula is C14H15ClN2O. The van der Waals surface area contributed by atoms with Crippen LogP contribution in [0, 0.1) is 0 Å². The van der Waals surface area contributed by atoms with Crippen molar-refractivity contribution in [3.8, 4) is 5.75 Å². The lowest BCUT2D eigenvalue weighted by atomic mass is 9.99. The summed E-state index contributed by atoms with van der Waals surface area (Å²) in [7, 11) is 1.65. The highest BCUT2D eigenvalue weighted by Crippen LogP contribution is 2.24. The number of methoxy groups -OCH3 is 1. The Kier molecular flexibility index (Phi) is 4.20. The third kappa shape index (κ3) is 2.82. The van der Waals surface area contributed by atoms with Gasteiger partial charge in [-0.2, -0.15) is 0 Å². The van der Waals surface area contributed by atoms with Crippen molar-refractivity contribution in [3.05, 3.63) is 64.7 Å². The molecule has 2 rings (SSSR count). The number of ether oxygens (including phenoxy) is 1. The Labute approximate surface area is 111 Å². The van der Waals surface area contributed by atoms with Crippen LogP contribution in [0.4, 0.5) is 0 Å². The first kappa shape index (κ1) is 12.9. The molecule has 0 bridgehead atoms. The van der Waals surface area contributed by atoms with Crippen molar-refractivity contribution in [1.82, 2.24) is 5.43 Å². The van der Waals surface area contributed by atoms with Crippen molar-refractivity contribution in [2.24, 2.45) is 5.84 Å². The second-order valence-electron chi connectivity index (χ2n) is 3.92. The van der Waals surface area contributed by atoms with Crippen molar-refractivity contribution in [2.45, 2.75) is 6.04 Å². The second-order valence-corrected chi connectivity index (χ2v) is 4.36. The van der Waals surface area contributed by atoms with Gasteiger partial charge in [-0.1, -0.05) is 35.9 Å². The highest BCUT2D eigenvalue weighted by atomic mass is 35.5. The van der Waals surface area contributed by atoms with E-state index in [0.717, 1.165) is 16.9 Å². The van der Waals surface area contributed by atoms with Gasteiger partial charge >= 0.3 is 0 Å². The number of hydrazine groups is 1. The second kappa shape index (κ2) is 5.87. The van der Waals surface area contributed by atoms with E-state index in [1.807, 2.05) is 48.5 Å². The molecule has 0 aliphatic rings. The lowest BCUT2D eigenvalue weighted by molar-refractivity contribution is 0.414. The van der Waals surface area contributed by atoms with Gasteiger partial charge in [0, 0.05) is 5.02 Å². The number of rotatable bonds is 4. The van der Waals surface area contributed by atoms with Crippen LogP contribution in [0.25, 0.3) is 0 Å². The molecule has 0 spiro atoms. The SMILES string of the molecule is COc1ccc([C@@H](NN)c2ccc(Cl)cc2)cc1. The van der Waals surface area contributed by atoms with Gasteiger partial charge in [0.15, 0.2) is 0 Å². The van der Waals surface area contributed by atoms with Crippen LogP contribution in [0.2, 0.25) is 5.02 Å². The maximum absolute atomic E-state index is 5.88. The summed E-state index contributed by atoms with van der Waals surface area (Å²) in [5, 5.41) is 0.712. The predicted molar refractivity (Wildman–Crippen MR) is 73.6 cm³/mol. The Morgan fingerprint density at radius 3 is 1.94 bits per heavy atom. The number of nitrogens with one attached hydrogen (secondary N) is 1. The number of hydrogen-bond acceptors (Lipinski definition) is 3. The van der Waals surface area contributed by atoms with Crippen LogP contribution in [0.1, 0.15) is 17.2 Å². The van der Waals surface area contributed by atoms with Gasteiger partial charge in [0.05, 0.1) is 13.2 Å². The van der Waals surface area contributed by atoms with Crippen LogP contribution in [-0.4, -0.2) is 7.11 Å². The normalized spacial score (nSPS) is 12.2. The zero-order valence-corrected chi connectivity index (χ0v) is 10.8. The number of benzene rings is 2. The molecule has 3 nitrogen and oxygen atoms in total. The molecule has 0 saturated carbocycles. The van der Waals surface area contributed by atoms with Gasteiger partial charge in [-0.15, -0.1) is 0 Å². The molecule has 94 valence electrons. The van der Waals surface area contributed by atoms with E-state index >= 15 is 0 Å². The van der Waals surface area contributed by atoms with Crippen molar-refractivity contribution >= 4 is 11.6 Å². The highest BCUT2D eigenvalue weighted by Gasteiger charge is 2.12. The smallest absolute Gasteiger partial charge is 0.118 e. The zero-order chi connectivity index (χ0) is 13.0. The van der Waals surface area contributed by atoms with Crippen LogP contribution in [0.15, 0.2) is 48.5 Å². The largest absolute Gasteiger partial charge is 0.497 e. The zero-order valence-electron chi connectivity index (χ0n) is 10.1.